The number of hydrogen-bond acceptors (Lipinski definition) is 7. The van der Waals surface area contributed by atoms with E-state index in [1.54, 1.807) is 5.38 Å². The first-order chi connectivity index (χ1) is 12.0. The van der Waals surface area contributed by atoms with Crippen LogP contribution in [0.2, 0.25) is 0 Å². The second-order valence-corrected chi connectivity index (χ2v) is 5.73. The van der Waals surface area contributed by atoms with Gasteiger partial charge in [-0.3, -0.25) is 4.79 Å². The first-order valence-electron chi connectivity index (χ1n) is 6.87. The van der Waals surface area contributed by atoms with Gasteiger partial charge in [-0.05, 0) is 17.7 Å². The van der Waals surface area contributed by atoms with Crippen LogP contribution in [-0.4, -0.2) is 31.1 Å². The molecule has 2 heterocycles. The van der Waals surface area contributed by atoms with Gasteiger partial charge in [0.05, 0.1) is 0 Å². The number of aromatic nitrogens is 3. The molecular weight excluding hydrogens is 354 g/mol. The summed E-state index contributed by atoms with van der Waals surface area (Å²) in [5, 5.41) is 23.9. The van der Waals surface area contributed by atoms with E-state index in [-0.39, 0.29) is 12.4 Å². The smallest absolute Gasteiger partial charge is 0.274 e. The molecule has 128 valence electrons. The fourth-order valence-electron chi connectivity index (χ4n) is 1.95. The van der Waals surface area contributed by atoms with Gasteiger partial charge in [-0.25, -0.2) is 18.7 Å². The molecule has 2 aromatic heterocycles. The Morgan fingerprint density at radius 2 is 2.00 bits per heavy atom. The molecule has 3 rings (SSSR count). The Hall–Kier alpha value is -3.14. The molecule has 0 aliphatic rings. The first kappa shape index (κ1) is 16.7. The van der Waals surface area contributed by atoms with E-state index in [0.29, 0.717) is 10.6 Å². The number of hydrogen-bond donors (Lipinski definition) is 3. The highest BCUT2D eigenvalue weighted by atomic mass is 32.1. The van der Waals surface area contributed by atoms with Crippen molar-refractivity contribution in [3.8, 4) is 22.5 Å². The van der Waals surface area contributed by atoms with Crippen LogP contribution in [0.15, 0.2) is 29.8 Å². The van der Waals surface area contributed by atoms with E-state index in [4.69, 9.17) is 0 Å². The van der Waals surface area contributed by atoms with Crippen LogP contribution in [0.4, 0.5) is 8.78 Å². The van der Waals surface area contributed by atoms with E-state index in [2.05, 4.69) is 20.3 Å². The van der Waals surface area contributed by atoms with Crippen LogP contribution in [0, 0.1) is 11.6 Å². The first-order valence-corrected chi connectivity index (χ1v) is 7.75. The second kappa shape index (κ2) is 6.77. The largest absolute Gasteiger partial charge is 0.501 e. The molecule has 10 heteroatoms. The van der Waals surface area contributed by atoms with Gasteiger partial charge in [0.2, 0.25) is 5.75 Å². The summed E-state index contributed by atoms with van der Waals surface area (Å²) in [7, 11) is 0. The summed E-state index contributed by atoms with van der Waals surface area (Å²) in [5.41, 5.74) is -0.148. The molecule has 1 amide bonds. The Morgan fingerprint density at radius 1 is 1.20 bits per heavy atom. The van der Waals surface area contributed by atoms with Crippen molar-refractivity contribution in [2.45, 2.75) is 6.54 Å². The molecule has 0 aliphatic heterocycles. The molecule has 3 aromatic rings. The number of nitrogens with one attached hydrogen (secondary N) is 1. The molecule has 0 aliphatic carbocycles. The van der Waals surface area contributed by atoms with Crippen LogP contribution < -0.4 is 5.32 Å². The topological polar surface area (TPSA) is 108 Å². The predicted molar refractivity (Wildman–Crippen MR) is 84.0 cm³/mol. The zero-order chi connectivity index (χ0) is 18.0. The van der Waals surface area contributed by atoms with Gasteiger partial charge in [-0.2, -0.15) is 4.98 Å². The number of carbonyl (C=O) groups is 1. The van der Waals surface area contributed by atoms with Crippen LogP contribution in [0.25, 0.3) is 10.8 Å². The van der Waals surface area contributed by atoms with E-state index >= 15 is 0 Å². The summed E-state index contributed by atoms with van der Waals surface area (Å²) in [6.45, 7) is -0.132. The number of rotatable bonds is 4. The highest BCUT2D eigenvalue weighted by Gasteiger charge is 2.21. The minimum absolute atomic E-state index is 0.0247. The molecule has 0 saturated carbocycles. The van der Waals surface area contributed by atoms with Gasteiger partial charge < -0.3 is 15.5 Å². The quantitative estimate of drug-likeness (QED) is 0.655. The molecule has 0 spiro atoms. The lowest BCUT2D eigenvalue weighted by atomic mass is 10.2. The number of carbonyl (C=O) groups excluding carboxylic acids is 1. The van der Waals surface area contributed by atoms with Crippen molar-refractivity contribution in [1.82, 2.24) is 20.3 Å². The summed E-state index contributed by atoms with van der Waals surface area (Å²) < 4.78 is 26.1. The Labute approximate surface area is 143 Å². The number of nitrogens with zero attached hydrogens (tertiary/aromatic N) is 3. The van der Waals surface area contributed by atoms with E-state index < -0.39 is 34.9 Å². The van der Waals surface area contributed by atoms with Crippen molar-refractivity contribution in [1.29, 1.82) is 0 Å². The third-order valence-electron chi connectivity index (χ3n) is 3.14. The number of amides is 1. The van der Waals surface area contributed by atoms with Crippen LogP contribution in [0.1, 0.15) is 16.1 Å². The molecule has 0 bridgehead atoms. The molecule has 0 radical (unpaired) electrons. The van der Waals surface area contributed by atoms with Crippen LogP contribution in [0.5, 0.6) is 11.6 Å². The monoisotopic (exact) mass is 364 g/mol. The fraction of sp³-hybridized carbons (Fsp3) is 0.0667. The minimum Gasteiger partial charge on any atom is -0.501 e. The van der Waals surface area contributed by atoms with Crippen LogP contribution >= 0.6 is 11.3 Å². The Kier molecular flexibility index (Phi) is 4.52. The van der Waals surface area contributed by atoms with E-state index in [0.717, 1.165) is 12.1 Å². The molecule has 25 heavy (non-hydrogen) atoms. The van der Waals surface area contributed by atoms with Gasteiger partial charge in [-0.1, -0.05) is 6.07 Å². The summed E-state index contributed by atoms with van der Waals surface area (Å²) in [6.07, 6.45) is 1.50. The average molecular weight is 364 g/mol. The van der Waals surface area contributed by atoms with Gasteiger partial charge in [0.25, 0.3) is 11.8 Å². The third-order valence-corrected chi connectivity index (χ3v) is 3.91. The van der Waals surface area contributed by atoms with E-state index in [1.807, 2.05) is 0 Å². The summed E-state index contributed by atoms with van der Waals surface area (Å²) in [4.78, 5) is 23.7. The van der Waals surface area contributed by atoms with Crippen molar-refractivity contribution in [2.24, 2.45) is 0 Å². The molecule has 0 saturated heterocycles. The van der Waals surface area contributed by atoms with Gasteiger partial charge in [0.1, 0.15) is 0 Å². The SMILES string of the molecule is O=C(NCc1ccc(F)c(F)c1)c1nc(-c2nccs2)nc(O)c1O. The normalized spacial score (nSPS) is 10.6. The van der Waals surface area contributed by atoms with E-state index in [9.17, 15) is 23.8 Å². The van der Waals surface area contributed by atoms with Crippen molar-refractivity contribution in [3.05, 3.63) is 52.7 Å². The minimum atomic E-state index is -1.04. The van der Waals surface area contributed by atoms with Crippen molar-refractivity contribution < 1.29 is 23.8 Å². The Morgan fingerprint density at radius 3 is 2.68 bits per heavy atom. The van der Waals surface area contributed by atoms with E-state index in [1.165, 1.54) is 23.6 Å². The number of halogens is 2. The van der Waals surface area contributed by atoms with Gasteiger partial charge in [0.15, 0.2) is 28.2 Å². The maximum Gasteiger partial charge on any atom is 0.274 e. The molecule has 3 N–H and O–H groups in total. The summed E-state index contributed by atoms with van der Waals surface area (Å²) >= 11 is 1.19. The molecule has 0 unspecified atom stereocenters. The highest BCUT2D eigenvalue weighted by Crippen LogP contribution is 2.29. The predicted octanol–water partition coefficient (Wildman–Crippen LogP) is 2.22. The Bertz CT molecular complexity index is 935. The van der Waals surface area contributed by atoms with Gasteiger partial charge in [0, 0.05) is 18.1 Å². The maximum absolute atomic E-state index is 13.2. The highest BCUT2D eigenvalue weighted by molar-refractivity contribution is 7.13. The van der Waals surface area contributed by atoms with Crippen molar-refractivity contribution in [3.63, 3.8) is 0 Å². The number of aromatic hydroxyl groups is 2. The van der Waals surface area contributed by atoms with Crippen molar-refractivity contribution >= 4 is 17.2 Å². The Balaban J connectivity index is 1.82. The lowest BCUT2D eigenvalue weighted by Gasteiger charge is -2.08. The maximum atomic E-state index is 13.2. The molecular formula is C15H10F2N4O3S. The zero-order valence-corrected chi connectivity index (χ0v) is 13.2. The standard InChI is InChI=1S/C15H10F2N4O3S/c16-8-2-1-7(5-9(8)17)6-19-13(23)10-11(22)14(24)21-12(20-10)15-18-3-4-25-15/h1-5,22H,6H2,(H,19,23)(H,20,21,24). The molecule has 7 nitrogen and oxygen atoms in total. The molecule has 0 fully saturated rings. The molecule has 0 atom stereocenters. The molecule has 1 aromatic carbocycles. The van der Waals surface area contributed by atoms with Crippen LogP contribution in [0.3, 0.4) is 0 Å². The summed E-state index contributed by atoms with van der Waals surface area (Å²) in [6, 6.07) is 3.18. The summed E-state index contributed by atoms with van der Waals surface area (Å²) in [5.74, 6) is -4.44. The average Bonchev–Trinajstić information content (AvgIpc) is 3.12. The lowest BCUT2D eigenvalue weighted by Crippen LogP contribution is -2.24. The van der Waals surface area contributed by atoms with Gasteiger partial charge >= 0.3 is 0 Å². The number of benzene rings is 1. The van der Waals surface area contributed by atoms with Crippen LogP contribution in [-0.2, 0) is 6.54 Å². The van der Waals surface area contributed by atoms with Gasteiger partial charge in [-0.15, -0.1) is 11.3 Å². The number of thiazole rings is 1. The van der Waals surface area contributed by atoms with Crippen molar-refractivity contribution in [2.75, 3.05) is 0 Å². The third kappa shape index (κ3) is 3.53. The zero-order valence-electron chi connectivity index (χ0n) is 12.4. The fourth-order valence-corrected chi connectivity index (χ4v) is 2.52. The lowest BCUT2D eigenvalue weighted by molar-refractivity contribution is 0.0941. The second-order valence-electron chi connectivity index (χ2n) is 4.84.